The summed E-state index contributed by atoms with van der Waals surface area (Å²) in [5, 5.41) is 3.30. The number of aromatic nitrogens is 2. The third-order valence-electron chi connectivity index (χ3n) is 4.19. The van der Waals surface area contributed by atoms with Crippen LogP contribution in [0.2, 0.25) is 0 Å². The van der Waals surface area contributed by atoms with Crippen LogP contribution in [-0.4, -0.2) is 58.4 Å². The molecule has 1 amide bonds. The molecule has 3 heterocycles. The number of nitrogens with zero attached hydrogens (tertiary/aromatic N) is 3. The number of hydrogen-bond acceptors (Lipinski definition) is 6. The molecule has 2 fully saturated rings. The van der Waals surface area contributed by atoms with Crippen LogP contribution in [0.4, 0.5) is 5.82 Å². The maximum Gasteiger partial charge on any atom is 0.272 e. The highest BCUT2D eigenvalue weighted by atomic mass is 16.7. The highest BCUT2D eigenvalue weighted by molar-refractivity contribution is 5.93. The Labute approximate surface area is 142 Å². The predicted molar refractivity (Wildman–Crippen MR) is 89.9 cm³/mol. The van der Waals surface area contributed by atoms with Crippen molar-refractivity contribution in [1.82, 2.24) is 14.9 Å². The summed E-state index contributed by atoms with van der Waals surface area (Å²) in [7, 11) is 0. The Morgan fingerprint density at radius 3 is 2.42 bits per heavy atom. The predicted octanol–water partition coefficient (Wildman–Crippen LogP) is 1.97. The molecule has 1 aromatic heterocycles. The summed E-state index contributed by atoms with van der Waals surface area (Å²) in [6, 6.07) is 1.73. The number of nitrogens with one attached hydrogen (secondary N) is 1. The molecular weight excluding hydrogens is 308 g/mol. The minimum absolute atomic E-state index is 0.0645. The van der Waals surface area contributed by atoms with Crippen LogP contribution in [0.25, 0.3) is 0 Å². The highest BCUT2D eigenvalue weighted by Crippen LogP contribution is 2.31. The molecule has 1 aromatic rings. The number of anilines is 1. The van der Waals surface area contributed by atoms with Gasteiger partial charge in [-0.2, -0.15) is 0 Å². The van der Waals surface area contributed by atoms with Gasteiger partial charge < -0.3 is 19.7 Å². The lowest BCUT2D eigenvalue weighted by atomic mass is 10.0. The first-order chi connectivity index (χ1) is 11.3. The molecule has 2 aliphatic heterocycles. The Bertz CT molecular complexity index is 611. The second-order valence-corrected chi connectivity index (χ2v) is 7.46. The van der Waals surface area contributed by atoms with Crippen molar-refractivity contribution in [2.45, 2.75) is 51.9 Å². The maximum absolute atomic E-state index is 12.8. The van der Waals surface area contributed by atoms with Gasteiger partial charge in [-0.25, -0.2) is 9.97 Å². The molecule has 0 aromatic carbocycles. The van der Waals surface area contributed by atoms with E-state index < -0.39 is 5.79 Å². The van der Waals surface area contributed by atoms with Crippen LogP contribution in [0.15, 0.2) is 6.07 Å². The van der Waals surface area contributed by atoms with E-state index in [1.165, 1.54) is 0 Å². The molecule has 0 bridgehead atoms. The van der Waals surface area contributed by atoms with Crippen LogP contribution >= 0.6 is 0 Å². The van der Waals surface area contributed by atoms with Crippen molar-refractivity contribution in [3.8, 4) is 0 Å². The zero-order valence-electron chi connectivity index (χ0n) is 14.9. The molecule has 1 N–H and O–H groups in total. The standard InChI is InChI=1S/C17H26N4O3/c1-12-18-13(11-14(19-12)20-16(2,3)4)15(22)21-7-5-17(6-8-21)23-9-10-24-17/h11H,5-10H2,1-4H3,(H,18,19,20). The summed E-state index contributed by atoms with van der Waals surface area (Å²) in [6.07, 6.45) is 1.41. The third kappa shape index (κ3) is 3.84. The molecule has 0 aliphatic carbocycles. The second-order valence-electron chi connectivity index (χ2n) is 7.46. The van der Waals surface area contributed by atoms with Gasteiger partial charge >= 0.3 is 0 Å². The molecule has 3 rings (SSSR count). The van der Waals surface area contributed by atoms with Gasteiger partial charge in [-0.1, -0.05) is 0 Å². The maximum atomic E-state index is 12.8. The van der Waals surface area contributed by atoms with Crippen molar-refractivity contribution in [3.63, 3.8) is 0 Å². The van der Waals surface area contributed by atoms with Crippen LogP contribution in [0.3, 0.4) is 0 Å². The van der Waals surface area contributed by atoms with Gasteiger partial charge in [-0.3, -0.25) is 4.79 Å². The summed E-state index contributed by atoms with van der Waals surface area (Å²) >= 11 is 0. The van der Waals surface area contributed by atoms with E-state index >= 15 is 0 Å². The van der Waals surface area contributed by atoms with E-state index in [0.717, 1.165) is 0 Å². The van der Waals surface area contributed by atoms with Crippen LogP contribution in [0.5, 0.6) is 0 Å². The molecule has 0 unspecified atom stereocenters. The average Bonchev–Trinajstić information content (AvgIpc) is 2.93. The first kappa shape index (κ1) is 17.1. The van der Waals surface area contributed by atoms with Crippen molar-refractivity contribution in [3.05, 3.63) is 17.6 Å². The van der Waals surface area contributed by atoms with Crippen LogP contribution < -0.4 is 5.32 Å². The van der Waals surface area contributed by atoms with Crippen molar-refractivity contribution < 1.29 is 14.3 Å². The Morgan fingerprint density at radius 2 is 1.83 bits per heavy atom. The number of amides is 1. The average molecular weight is 334 g/mol. The van der Waals surface area contributed by atoms with Gasteiger partial charge in [0.05, 0.1) is 13.2 Å². The van der Waals surface area contributed by atoms with E-state index in [2.05, 4.69) is 36.1 Å². The van der Waals surface area contributed by atoms with Gasteiger partial charge in [0.15, 0.2) is 5.79 Å². The molecule has 7 nitrogen and oxygen atoms in total. The third-order valence-corrected chi connectivity index (χ3v) is 4.19. The summed E-state index contributed by atoms with van der Waals surface area (Å²) in [4.78, 5) is 23.3. The molecule has 2 aliphatic rings. The van der Waals surface area contributed by atoms with Crippen molar-refractivity contribution >= 4 is 11.7 Å². The summed E-state index contributed by atoms with van der Waals surface area (Å²) in [5.41, 5.74) is 0.300. The molecule has 7 heteroatoms. The van der Waals surface area contributed by atoms with Gasteiger partial charge in [-0.15, -0.1) is 0 Å². The van der Waals surface area contributed by atoms with Crippen LogP contribution in [0, 0.1) is 6.92 Å². The summed E-state index contributed by atoms with van der Waals surface area (Å²) < 4.78 is 11.4. The van der Waals surface area contributed by atoms with Crippen LogP contribution in [0.1, 0.15) is 49.9 Å². The summed E-state index contributed by atoms with van der Waals surface area (Å²) in [5.74, 6) is 0.722. The number of rotatable bonds is 2. The quantitative estimate of drug-likeness (QED) is 0.891. The van der Waals surface area contributed by atoms with Crippen molar-refractivity contribution in [1.29, 1.82) is 0 Å². The Balaban J connectivity index is 1.71. The lowest BCUT2D eigenvalue weighted by molar-refractivity contribution is -0.181. The number of likely N-dealkylation sites (tertiary alicyclic amines) is 1. The number of aryl methyl sites for hydroxylation is 1. The fourth-order valence-corrected chi connectivity index (χ4v) is 3.12. The molecule has 132 valence electrons. The minimum Gasteiger partial charge on any atom is -0.365 e. The number of ether oxygens (including phenoxy) is 2. The zero-order chi connectivity index (χ0) is 17.4. The SMILES string of the molecule is Cc1nc(NC(C)(C)C)cc(C(=O)N2CCC3(CC2)OCCO3)n1. The second kappa shape index (κ2) is 6.29. The van der Waals surface area contributed by atoms with Gasteiger partial charge in [0.25, 0.3) is 5.91 Å². The number of carbonyl (C=O) groups is 1. The molecule has 0 atom stereocenters. The molecule has 0 radical (unpaired) electrons. The molecule has 2 saturated heterocycles. The largest absolute Gasteiger partial charge is 0.365 e. The Hall–Kier alpha value is -1.73. The lowest BCUT2D eigenvalue weighted by Gasteiger charge is -2.37. The van der Waals surface area contributed by atoms with E-state index in [1.807, 2.05) is 4.90 Å². The summed E-state index contributed by atoms with van der Waals surface area (Å²) in [6.45, 7) is 10.5. The first-order valence-corrected chi connectivity index (χ1v) is 8.47. The van der Waals surface area contributed by atoms with Crippen LogP contribution in [-0.2, 0) is 9.47 Å². The number of hydrogen-bond donors (Lipinski definition) is 1. The Morgan fingerprint density at radius 1 is 1.21 bits per heavy atom. The van der Waals surface area contributed by atoms with E-state index in [4.69, 9.17) is 9.47 Å². The topological polar surface area (TPSA) is 76.6 Å². The highest BCUT2D eigenvalue weighted by Gasteiger charge is 2.41. The van der Waals surface area contributed by atoms with Gasteiger partial charge in [-0.05, 0) is 27.7 Å². The molecule has 0 saturated carbocycles. The van der Waals surface area contributed by atoms with E-state index in [0.29, 0.717) is 56.5 Å². The number of piperidine rings is 1. The lowest BCUT2D eigenvalue weighted by Crippen LogP contribution is -2.47. The fraction of sp³-hybridized carbons (Fsp3) is 0.706. The van der Waals surface area contributed by atoms with Crippen molar-refractivity contribution in [2.24, 2.45) is 0 Å². The fourth-order valence-electron chi connectivity index (χ4n) is 3.12. The molecule has 24 heavy (non-hydrogen) atoms. The van der Waals surface area contributed by atoms with E-state index in [9.17, 15) is 4.79 Å². The number of carbonyl (C=O) groups excluding carboxylic acids is 1. The Kier molecular flexibility index (Phi) is 4.48. The smallest absolute Gasteiger partial charge is 0.272 e. The van der Waals surface area contributed by atoms with Gasteiger partial charge in [0.2, 0.25) is 0 Å². The first-order valence-electron chi connectivity index (χ1n) is 8.47. The van der Waals surface area contributed by atoms with Gasteiger partial charge in [0.1, 0.15) is 17.3 Å². The van der Waals surface area contributed by atoms with E-state index in [1.54, 1.807) is 13.0 Å². The zero-order valence-corrected chi connectivity index (χ0v) is 14.9. The van der Waals surface area contributed by atoms with E-state index in [-0.39, 0.29) is 11.4 Å². The van der Waals surface area contributed by atoms with Crippen molar-refractivity contribution in [2.75, 3.05) is 31.6 Å². The minimum atomic E-state index is -0.475. The monoisotopic (exact) mass is 334 g/mol. The van der Waals surface area contributed by atoms with Gasteiger partial charge in [0, 0.05) is 37.5 Å². The normalized spacial score (nSPS) is 20.4. The molecule has 1 spiro atoms. The molecular formula is C17H26N4O3.